The van der Waals surface area contributed by atoms with Crippen molar-refractivity contribution in [2.45, 2.75) is 45.7 Å². The Bertz CT molecular complexity index is 390. The molecule has 1 aromatic rings. The molecule has 0 amide bonds. The first kappa shape index (κ1) is 16.0. The van der Waals surface area contributed by atoms with Gasteiger partial charge in [0.1, 0.15) is 5.75 Å². The van der Waals surface area contributed by atoms with Crippen LogP contribution in [0.2, 0.25) is 0 Å². The molecule has 0 saturated heterocycles. The molecule has 19 heavy (non-hydrogen) atoms. The van der Waals surface area contributed by atoms with Gasteiger partial charge in [-0.25, -0.2) is 0 Å². The quantitative estimate of drug-likeness (QED) is 0.823. The first-order valence-corrected chi connectivity index (χ1v) is 7.06. The molecule has 1 unspecified atom stereocenters. The van der Waals surface area contributed by atoms with E-state index in [0.717, 1.165) is 25.3 Å². The van der Waals surface area contributed by atoms with Crippen LogP contribution in [0.1, 0.15) is 44.2 Å². The first-order chi connectivity index (χ1) is 8.99. The lowest BCUT2D eigenvalue weighted by molar-refractivity contribution is 0.237. The summed E-state index contributed by atoms with van der Waals surface area (Å²) in [7, 11) is 3.88. The van der Waals surface area contributed by atoms with Gasteiger partial charge in [-0.3, -0.25) is 4.90 Å². The maximum absolute atomic E-state index is 5.62. The molecule has 0 bridgehead atoms. The fourth-order valence-electron chi connectivity index (χ4n) is 2.14. The second-order valence-corrected chi connectivity index (χ2v) is 5.57. The average Bonchev–Trinajstić information content (AvgIpc) is 2.39. The molecule has 3 nitrogen and oxygen atoms in total. The predicted octanol–water partition coefficient (Wildman–Crippen LogP) is 2.99. The van der Waals surface area contributed by atoms with Crippen LogP contribution in [0, 0.1) is 0 Å². The van der Waals surface area contributed by atoms with Gasteiger partial charge in [-0.2, -0.15) is 0 Å². The minimum absolute atomic E-state index is 0.486. The number of nitrogens with two attached hydrogens (primary N) is 1. The molecule has 1 aromatic carbocycles. The summed E-state index contributed by atoms with van der Waals surface area (Å²) in [6.45, 7) is 8.23. The maximum Gasteiger partial charge on any atom is 0.123 e. The molecule has 0 heterocycles. The van der Waals surface area contributed by atoms with Gasteiger partial charge in [0, 0.05) is 18.2 Å². The Labute approximate surface area is 117 Å². The monoisotopic (exact) mass is 264 g/mol. The molecule has 3 heteroatoms. The summed E-state index contributed by atoms with van der Waals surface area (Å²) in [5.74, 6) is 1.51. The Morgan fingerprint density at radius 3 is 2.47 bits per heavy atom. The van der Waals surface area contributed by atoms with Crippen molar-refractivity contribution in [3.8, 4) is 5.75 Å². The van der Waals surface area contributed by atoms with E-state index in [9.17, 15) is 0 Å². The van der Waals surface area contributed by atoms with Crippen molar-refractivity contribution in [2.24, 2.45) is 5.73 Å². The van der Waals surface area contributed by atoms with Crippen LogP contribution >= 0.6 is 0 Å². The summed E-state index contributed by atoms with van der Waals surface area (Å²) in [6, 6.07) is 7.02. The topological polar surface area (TPSA) is 38.5 Å². The van der Waals surface area contributed by atoms with E-state index in [2.05, 4.69) is 50.9 Å². The Morgan fingerprint density at radius 1 is 1.26 bits per heavy atom. The molecule has 0 spiro atoms. The van der Waals surface area contributed by atoms with Crippen LogP contribution in [0.4, 0.5) is 0 Å². The molecule has 1 atom stereocenters. The summed E-state index contributed by atoms with van der Waals surface area (Å²) in [5.41, 5.74) is 8.17. The molecular weight excluding hydrogens is 236 g/mol. The largest absolute Gasteiger partial charge is 0.496 e. The third kappa shape index (κ3) is 4.51. The number of benzene rings is 1. The van der Waals surface area contributed by atoms with Crippen LogP contribution in [0.15, 0.2) is 18.2 Å². The summed E-state index contributed by atoms with van der Waals surface area (Å²) in [4.78, 5) is 2.32. The average molecular weight is 264 g/mol. The van der Waals surface area contributed by atoms with Gasteiger partial charge in [0.15, 0.2) is 0 Å². The third-order valence-electron chi connectivity index (χ3n) is 3.73. The highest BCUT2D eigenvalue weighted by Gasteiger charge is 2.12. The highest BCUT2D eigenvalue weighted by Crippen LogP contribution is 2.26. The number of methoxy groups -OCH3 is 1. The maximum atomic E-state index is 5.62. The van der Waals surface area contributed by atoms with Gasteiger partial charge >= 0.3 is 0 Å². The summed E-state index contributed by atoms with van der Waals surface area (Å²) >= 11 is 0. The molecule has 0 saturated carbocycles. The van der Waals surface area contributed by atoms with Crippen LogP contribution in [0.3, 0.4) is 0 Å². The van der Waals surface area contributed by atoms with Gasteiger partial charge in [-0.05, 0) is 44.5 Å². The van der Waals surface area contributed by atoms with Crippen LogP contribution in [-0.2, 0) is 6.54 Å². The fourth-order valence-corrected chi connectivity index (χ4v) is 2.14. The van der Waals surface area contributed by atoms with E-state index in [4.69, 9.17) is 10.5 Å². The standard InChI is InChI=1S/C16H28N2O/c1-12(2)14-6-7-15(16(10-14)19-5)11-18(4)13(3)8-9-17/h6-7,10,12-13H,8-9,11,17H2,1-5H3. The van der Waals surface area contributed by atoms with Crippen molar-refractivity contribution in [3.05, 3.63) is 29.3 Å². The Morgan fingerprint density at radius 2 is 1.95 bits per heavy atom. The molecule has 0 aliphatic carbocycles. The lowest BCUT2D eigenvalue weighted by atomic mass is 10.0. The van der Waals surface area contributed by atoms with Crippen molar-refractivity contribution in [2.75, 3.05) is 20.7 Å². The lowest BCUT2D eigenvalue weighted by Gasteiger charge is -2.25. The highest BCUT2D eigenvalue weighted by atomic mass is 16.5. The SMILES string of the molecule is COc1cc(C(C)C)ccc1CN(C)C(C)CCN. The van der Waals surface area contributed by atoms with Crippen molar-refractivity contribution >= 4 is 0 Å². The minimum Gasteiger partial charge on any atom is -0.496 e. The van der Waals surface area contributed by atoms with E-state index in [1.807, 2.05) is 0 Å². The van der Waals surface area contributed by atoms with Gasteiger partial charge in [0.2, 0.25) is 0 Å². The Kier molecular flexibility index (Phi) is 6.32. The van der Waals surface area contributed by atoms with Gasteiger partial charge in [-0.1, -0.05) is 26.0 Å². The second-order valence-electron chi connectivity index (χ2n) is 5.57. The molecular formula is C16H28N2O. The molecule has 108 valence electrons. The zero-order chi connectivity index (χ0) is 14.4. The van der Waals surface area contributed by atoms with Crippen LogP contribution in [-0.4, -0.2) is 31.6 Å². The van der Waals surface area contributed by atoms with Crippen LogP contribution < -0.4 is 10.5 Å². The van der Waals surface area contributed by atoms with Crippen molar-refractivity contribution < 1.29 is 4.74 Å². The van der Waals surface area contributed by atoms with Crippen molar-refractivity contribution in [1.82, 2.24) is 4.90 Å². The normalized spacial score (nSPS) is 13.1. The summed E-state index contributed by atoms with van der Waals surface area (Å²) in [6.07, 6.45) is 1.02. The Balaban J connectivity index is 2.83. The molecule has 2 N–H and O–H groups in total. The minimum atomic E-state index is 0.486. The van der Waals surface area contributed by atoms with E-state index in [0.29, 0.717) is 12.0 Å². The van der Waals surface area contributed by atoms with E-state index in [1.165, 1.54) is 11.1 Å². The molecule has 1 rings (SSSR count). The van der Waals surface area contributed by atoms with Crippen LogP contribution in [0.25, 0.3) is 0 Å². The molecule has 0 aliphatic heterocycles. The first-order valence-electron chi connectivity index (χ1n) is 7.06. The number of rotatable bonds is 7. The van der Waals surface area contributed by atoms with E-state index in [-0.39, 0.29) is 0 Å². The zero-order valence-electron chi connectivity index (χ0n) is 12.9. The van der Waals surface area contributed by atoms with Gasteiger partial charge in [0.05, 0.1) is 7.11 Å². The number of hydrogen-bond acceptors (Lipinski definition) is 3. The molecule has 0 aliphatic rings. The van der Waals surface area contributed by atoms with Gasteiger partial charge in [0.25, 0.3) is 0 Å². The van der Waals surface area contributed by atoms with E-state index in [1.54, 1.807) is 7.11 Å². The number of hydrogen-bond donors (Lipinski definition) is 1. The summed E-state index contributed by atoms with van der Waals surface area (Å²) in [5, 5.41) is 0. The molecule has 0 aromatic heterocycles. The lowest BCUT2D eigenvalue weighted by Crippen LogP contribution is -2.30. The van der Waals surface area contributed by atoms with Crippen LogP contribution in [0.5, 0.6) is 5.75 Å². The molecule has 0 fully saturated rings. The van der Waals surface area contributed by atoms with E-state index >= 15 is 0 Å². The van der Waals surface area contributed by atoms with E-state index < -0.39 is 0 Å². The predicted molar refractivity (Wildman–Crippen MR) is 81.7 cm³/mol. The smallest absolute Gasteiger partial charge is 0.123 e. The third-order valence-corrected chi connectivity index (χ3v) is 3.73. The Hall–Kier alpha value is -1.06. The zero-order valence-corrected chi connectivity index (χ0v) is 12.9. The second kappa shape index (κ2) is 7.51. The van der Waals surface area contributed by atoms with Crippen molar-refractivity contribution in [3.63, 3.8) is 0 Å². The summed E-state index contributed by atoms with van der Waals surface area (Å²) < 4.78 is 5.53. The van der Waals surface area contributed by atoms with Gasteiger partial charge in [-0.15, -0.1) is 0 Å². The number of nitrogens with zero attached hydrogens (tertiary/aromatic N) is 1. The molecule has 0 radical (unpaired) electrons. The van der Waals surface area contributed by atoms with Crippen molar-refractivity contribution in [1.29, 1.82) is 0 Å². The fraction of sp³-hybridized carbons (Fsp3) is 0.625. The highest BCUT2D eigenvalue weighted by molar-refractivity contribution is 5.38. The number of ether oxygens (including phenoxy) is 1. The van der Waals surface area contributed by atoms with Gasteiger partial charge < -0.3 is 10.5 Å².